The van der Waals surface area contributed by atoms with Gasteiger partial charge < -0.3 is 10.1 Å². The van der Waals surface area contributed by atoms with E-state index in [9.17, 15) is 4.39 Å². The molecule has 0 spiro atoms. The third-order valence-electron chi connectivity index (χ3n) is 4.28. The van der Waals surface area contributed by atoms with Gasteiger partial charge in [-0.2, -0.15) is 0 Å². The van der Waals surface area contributed by atoms with E-state index in [1.54, 1.807) is 6.07 Å². The van der Waals surface area contributed by atoms with E-state index in [1.807, 2.05) is 14.0 Å². The van der Waals surface area contributed by atoms with Crippen molar-refractivity contribution in [3.63, 3.8) is 0 Å². The fraction of sp³-hybridized carbons (Fsp3) is 0.625. The summed E-state index contributed by atoms with van der Waals surface area (Å²) in [6.45, 7) is 4.19. The molecule has 106 valence electrons. The lowest BCUT2D eigenvalue weighted by atomic mass is 9.82. The van der Waals surface area contributed by atoms with Gasteiger partial charge in [0.05, 0.1) is 0 Å². The van der Waals surface area contributed by atoms with Gasteiger partial charge in [0.15, 0.2) is 0 Å². The number of aryl methyl sites for hydroxylation is 1. The average molecular weight is 265 g/mol. The minimum Gasteiger partial charge on any atom is -0.488 e. The van der Waals surface area contributed by atoms with Crippen LogP contribution in [0.25, 0.3) is 0 Å². The molecule has 0 bridgehead atoms. The van der Waals surface area contributed by atoms with Gasteiger partial charge in [-0.1, -0.05) is 19.4 Å². The molecule has 1 aromatic rings. The van der Waals surface area contributed by atoms with Crippen molar-refractivity contribution in [1.29, 1.82) is 0 Å². The Kier molecular flexibility index (Phi) is 4.81. The summed E-state index contributed by atoms with van der Waals surface area (Å²) in [5.74, 6) is 1.18. The van der Waals surface area contributed by atoms with Crippen LogP contribution in [0.15, 0.2) is 18.2 Å². The van der Waals surface area contributed by atoms with Crippen LogP contribution < -0.4 is 10.1 Å². The first-order valence-electron chi connectivity index (χ1n) is 7.24. The van der Waals surface area contributed by atoms with Gasteiger partial charge >= 0.3 is 0 Å². The second kappa shape index (κ2) is 6.38. The molecule has 1 N–H and O–H groups in total. The number of nitrogens with one attached hydrogen (secondary N) is 1. The highest BCUT2D eigenvalue weighted by atomic mass is 19.1. The van der Waals surface area contributed by atoms with Crippen LogP contribution in [0.3, 0.4) is 0 Å². The fourth-order valence-corrected chi connectivity index (χ4v) is 2.91. The SMILES string of the molecule is CCC1CCC(NC)C(Oc2cc(F)ccc2C)C1. The first-order chi connectivity index (χ1) is 9.13. The molecule has 2 rings (SSSR count). The highest BCUT2D eigenvalue weighted by molar-refractivity contribution is 5.33. The van der Waals surface area contributed by atoms with E-state index >= 15 is 0 Å². The van der Waals surface area contributed by atoms with Crippen molar-refractivity contribution in [1.82, 2.24) is 5.32 Å². The largest absolute Gasteiger partial charge is 0.488 e. The summed E-state index contributed by atoms with van der Waals surface area (Å²) in [6.07, 6.45) is 4.78. The van der Waals surface area contributed by atoms with Gasteiger partial charge in [0.1, 0.15) is 17.7 Å². The van der Waals surface area contributed by atoms with Gasteiger partial charge in [-0.25, -0.2) is 4.39 Å². The molecule has 0 amide bonds. The molecule has 2 nitrogen and oxygen atoms in total. The minimum atomic E-state index is -0.232. The highest BCUT2D eigenvalue weighted by Gasteiger charge is 2.30. The number of halogens is 1. The minimum absolute atomic E-state index is 0.143. The third-order valence-corrected chi connectivity index (χ3v) is 4.28. The van der Waals surface area contributed by atoms with Crippen molar-refractivity contribution < 1.29 is 9.13 Å². The monoisotopic (exact) mass is 265 g/mol. The third kappa shape index (κ3) is 3.47. The topological polar surface area (TPSA) is 21.3 Å². The van der Waals surface area contributed by atoms with Crippen molar-refractivity contribution >= 4 is 0 Å². The van der Waals surface area contributed by atoms with Crippen molar-refractivity contribution in [2.24, 2.45) is 5.92 Å². The average Bonchev–Trinajstić information content (AvgIpc) is 2.42. The van der Waals surface area contributed by atoms with E-state index in [-0.39, 0.29) is 11.9 Å². The Morgan fingerprint density at radius 2 is 2.16 bits per heavy atom. The standard InChI is InChI=1S/C16H24FNO/c1-4-12-6-8-14(18-3)16(9-12)19-15-10-13(17)7-5-11(15)2/h5,7,10,12,14,16,18H,4,6,8-9H2,1-3H3. The Morgan fingerprint density at radius 1 is 1.37 bits per heavy atom. The van der Waals surface area contributed by atoms with Gasteiger partial charge in [-0.15, -0.1) is 0 Å². The number of hydrogen-bond donors (Lipinski definition) is 1. The maximum Gasteiger partial charge on any atom is 0.126 e. The summed E-state index contributed by atoms with van der Waals surface area (Å²) in [5.41, 5.74) is 0.995. The summed E-state index contributed by atoms with van der Waals surface area (Å²) >= 11 is 0. The lowest BCUT2D eigenvalue weighted by molar-refractivity contribution is 0.0874. The maximum atomic E-state index is 13.3. The fourth-order valence-electron chi connectivity index (χ4n) is 2.91. The van der Waals surface area contributed by atoms with Crippen molar-refractivity contribution in [3.8, 4) is 5.75 Å². The van der Waals surface area contributed by atoms with Crippen molar-refractivity contribution in [3.05, 3.63) is 29.6 Å². The summed E-state index contributed by atoms with van der Waals surface area (Å²) < 4.78 is 19.4. The molecule has 0 aromatic heterocycles. The highest BCUT2D eigenvalue weighted by Crippen LogP contribution is 2.31. The zero-order valence-electron chi connectivity index (χ0n) is 12.1. The van der Waals surface area contributed by atoms with Gasteiger partial charge in [0, 0.05) is 12.1 Å². The lowest BCUT2D eigenvalue weighted by Gasteiger charge is -2.36. The van der Waals surface area contributed by atoms with E-state index in [2.05, 4.69) is 12.2 Å². The van der Waals surface area contributed by atoms with Crippen LogP contribution in [0.4, 0.5) is 4.39 Å². The second-order valence-corrected chi connectivity index (χ2v) is 5.55. The summed E-state index contributed by atoms with van der Waals surface area (Å²) in [6, 6.07) is 5.12. The lowest BCUT2D eigenvalue weighted by Crippen LogP contribution is -2.45. The van der Waals surface area contributed by atoms with Gasteiger partial charge in [-0.05, 0) is 50.8 Å². The van der Waals surface area contributed by atoms with E-state index in [0.717, 1.165) is 24.3 Å². The summed E-state index contributed by atoms with van der Waals surface area (Å²) in [4.78, 5) is 0. The van der Waals surface area contributed by atoms with E-state index < -0.39 is 0 Å². The number of likely N-dealkylation sites (N-methyl/N-ethyl adjacent to an activating group) is 1. The van der Waals surface area contributed by atoms with Crippen LogP contribution in [-0.4, -0.2) is 19.2 Å². The van der Waals surface area contributed by atoms with E-state index in [0.29, 0.717) is 11.8 Å². The van der Waals surface area contributed by atoms with Crippen LogP contribution >= 0.6 is 0 Å². The number of ether oxygens (including phenoxy) is 1. The van der Waals surface area contributed by atoms with E-state index in [4.69, 9.17) is 4.74 Å². The predicted octanol–water partition coefficient (Wildman–Crippen LogP) is 3.68. The number of rotatable bonds is 4. The first kappa shape index (κ1) is 14.3. The van der Waals surface area contributed by atoms with Crippen molar-refractivity contribution in [2.75, 3.05) is 7.05 Å². The molecular formula is C16H24FNO. The molecule has 3 atom stereocenters. The molecule has 3 unspecified atom stereocenters. The molecule has 19 heavy (non-hydrogen) atoms. The zero-order valence-corrected chi connectivity index (χ0v) is 12.1. The van der Waals surface area contributed by atoms with Gasteiger partial charge in [0.2, 0.25) is 0 Å². The van der Waals surface area contributed by atoms with Crippen LogP contribution in [0.5, 0.6) is 5.75 Å². The molecule has 0 aliphatic heterocycles. The first-order valence-corrected chi connectivity index (χ1v) is 7.24. The van der Waals surface area contributed by atoms with Crippen LogP contribution in [0.1, 0.15) is 38.2 Å². The normalized spacial score (nSPS) is 27.3. The Morgan fingerprint density at radius 3 is 2.84 bits per heavy atom. The molecule has 1 fully saturated rings. The Bertz CT molecular complexity index is 421. The van der Waals surface area contributed by atoms with Gasteiger partial charge in [-0.3, -0.25) is 0 Å². The number of benzene rings is 1. The predicted molar refractivity (Wildman–Crippen MR) is 76.0 cm³/mol. The van der Waals surface area contributed by atoms with Gasteiger partial charge in [0.25, 0.3) is 0 Å². The zero-order chi connectivity index (χ0) is 13.8. The molecule has 0 saturated heterocycles. The Hall–Kier alpha value is -1.09. The van der Waals surface area contributed by atoms with Crippen LogP contribution in [0, 0.1) is 18.7 Å². The summed E-state index contributed by atoms with van der Waals surface area (Å²) in [5, 5.41) is 3.33. The Labute approximate surface area is 115 Å². The summed E-state index contributed by atoms with van der Waals surface area (Å²) in [7, 11) is 1.98. The molecular weight excluding hydrogens is 241 g/mol. The number of hydrogen-bond acceptors (Lipinski definition) is 2. The van der Waals surface area contributed by atoms with Crippen LogP contribution in [-0.2, 0) is 0 Å². The van der Waals surface area contributed by atoms with Crippen molar-refractivity contribution in [2.45, 2.75) is 51.7 Å². The molecule has 1 aliphatic rings. The molecule has 1 aliphatic carbocycles. The smallest absolute Gasteiger partial charge is 0.126 e. The quantitative estimate of drug-likeness (QED) is 0.896. The molecule has 1 aromatic carbocycles. The maximum absolute atomic E-state index is 13.3. The Balaban J connectivity index is 2.11. The van der Waals surface area contributed by atoms with E-state index in [1.165, 1.54) is 25.0 Å². The second-order valence-electron chi connectivity index (χ2n) is 5.55. The molecule has 0 heterocycles. The molecule has 0 radical (unpaired) electrons. The van der Waals surface area contributed by atoms with Crippen LogP contribution in [0.2, 0.25) is 0 Å². The molecule has 1 saturated carbocycles. The molecule has 3 heteroatoms.